The third-order valence-electron chi connectivity index (χ3n) is 2.12. The number of hydrogen-bond acceptors (Lipinski definition) is 1. The van der Waals surface area contributed by atoms with E-state index in [1.807, 2.05) is 7.05 Å². The molecule has 1 N–H and O–H groups in total. The van der Waals surface area contributed by atoms with Crippen molar-refractivity contribution in [2.75, 3.05) is 7.05 Å². The SMILES string of the molecule is [B][C@H]1CCCC(NC)C1. The highest BCUT2D eigenvalue weighted by Gasteiger charge is 2.15. The van der Waals surface area contributed by atoms with E-state index in [0.29, 0.717) is 11.9 Å². The molecule has 50 valence electrons. The van der Waals surface area contributed by atoms with Crippen LogP contribution >= 0.6 is 0 Å². The molecule has 0 aromatic rings. The minimum Gasteiger partial charge on any atom is -0.317 e. The van der Waals surface area contributed by atoms with Crippen molar-refractivity contribution in [2.24, 2.45) is 0 Å². The summed E-state index contributed by atoms with van der Waals surface area (Å²) in [5.74, 6) is 0.455. The Morgan fingerprint density at radius 3 is 2.67 bits per heavy atom. The van der Waals surface area contributed by atoms with Crippen LogP contribution in [0, 0.1) is 0 Å². The zero-order valence-electron chi connectivity index (χ0n) is 6.06. The second-order valence-corrected chi connectivity index (χ2v) is 2.91. The van der Waals surface area contributed by atoms with E-state index in [4.69, 9.17) is 7.85 Å². The molecule has 0 saturated heterocycles. The Morgan fingerprint density at radius 1 is 1.44 bits per heavy atom. The van der Waals surface area contributed by atoms with Gasteiger partial charge in [-0.3, -0.25) is 0 Å². The Kier molecular flexibility index (Phi) is 2.58. The van der Waals surface area contributed by atoms with Crippen LogP contribution < -0.4 is 5.32 Å². The lowest BCUT2D eigenvalue weighted by molar-refractivity contribution is 0.395. The van der Waals surface area contributed by atoms with Crippen molar-refractivity contribution in [1.29, 1.82) is 0 Å². The molecule has 1 aliphatic rings. The summed E-state index contributed by atoms with van der Waals surface area (Å²) >= 11 is 0. The monoisotopic (exact) mass is 123 g/mol. The smallest absolute Gasteiger partial charge is 0.0700 e. The van der Waals surface area contributed by atoms with Crippen LogP contribution in [0.25, 0.3) is 0 Å². The first-order chi connectivity index (χ1) is 4.33. The summed E-state index contributed by atoms with van der Waals surface area (Å²) in [6, 6.07) is 0.689. The third-order valence-corrected chi connectivity index (χ3v) is 2.12. The summed E-state index contributed by atoms with van der Waals surface area (Å²) in [5.41, 5.74) is 0. The summed E-state index contributed by atoms with van der Waals surface area (Å²) in [7, 11) is 7.78. The maximum atomic E-state index is 5.76. The summed E-state index contributed by atoms with van der Waals surface area (Å²) in [6.07, 6.45) is 4.99. The minimum atomic E-state index is 0.455. The third kappa shape index (κ3) is 2.01. The molecule has 1 fully saturated rings. The first-order valence-corrected chi connectivity index (χ1v) is 3.76. The van der Waals surface area contributed by atoms with Crippen molar-refractivity contribution >= 4 is 7.85 Å². The van der Waals surface area contributed by atoms with E-state index in [-0.39, 0.29) is 0 Å². The summed E-state index contributed by atoms with van der Waals surface area (Å²) in [5, 5.41) is 3.25. The lowest BCUT2D eigenvalue weighted by Gasteiger charge is -2.26. The second kappa shape index (κ2) is 3.26. The fourth-order valence-electron chi connectivity index (χ4n) is 1.49. The fourth-order valence-corrected chi connectivity index (χ4v) is 1.49. The largest absolute Gasteiger partial charge is 0.317 e. The Balaban J connectivity index is 2.23. The number of nitrogens with one attached hydrogen (secondary N) is 1. The average molecular weight is 123 g/mol. The Morgan fingerprint density at radius 2 is 2.22 bits per heavy atom. The Hall–Kier alpha value is 0.0249. The van der Waals surface area contributed by atoms with Crippen molar-refractivity contribution in [2.45, 2.75) is 37.5 Å². The molecule has 1 unspecified atom stereocenters. The minimum absolute atomic E-state index is 0.455. The van der Waals surface area contributed by atoms with Crippen molar-refractivity contribution < 1.29 is 0 Å². The molecule has 1 nitrogen and oxygen atoms in total. The molecule has 2 radical (unpaired) electrons. The van der Waals surface area contributed by atoms with E-state index in [1.165, 1.54) is 19.3 Å². The van der Waals surface area contributed by atoms with Gasteiger partial charge >= 0.3 is 0 Å². The quantitative estimate of drug-likeness (QED) is 0.515. The van der Waals surface area contributed by atoms with Gasteiger partial charge in [0.2, 0.25) is 0 Å². The molecule has 2 atom stereocenters. The maximum absolute atomic E-state index is 5.76. The molecule has 1 saturated carbocycles. The van der Waals surface area contributed by atoms with Gasteiger partial charge in [0, 0.05) is 6.04 Å². The molecule has 0 aliphatic heterocycles. The predicted octanol–water partition coefficient (Wildman–Crippen LogP) is 1.11. The Bertz CT molecular complexity index is 85.0. The summed E-state index contributed by atoms with van der Waals surface area (Å²) < 4.78 is 0. The van der Waals surface area contributed by atoms with Gasteiger partial charge in [-0.05, 0) is 19.9 Å². The van der Waals surface area contributed by atoms with E-state index in [1.54, 1.807) is 0 Å². The Labute approximate surface area is 58.6 Å². The van der Waals surface area contributed by atoms with E-state index >= 15 is 0 Å². The van der Waals surface area contributed by atoms with Crippen LogP contribution in [0.2, 0.25) is 5.82 Å². The highest BCUT2D eigenvalue weighted by molar-refractivity contribution is 6.11. The first kappa shape index (κ1) is 7.14. The molecule has 0 heterocycles. The number of rotatable bonds is 1. The molecule has 0 aromatic heterocycles. The standard InChI is InChI=1S/C7H14BN/c1-9-7-4-2-3-6(8)5-7/h6-7,9H,2-5H2,1H3/t6-,7?/m0/s1. The van der Waals surface area contributed by atoms with Gasteiger partial charge in [0.25, 0.3) is 0 Å². The highest BCUT2D eigenvalue weighted by atomic mass is 14.9. The van der Waals surface area contributed by atoms with E-state index in [2.05, 4.69) is 5.32 Å². The van der Waals surface area contributed by atoms with Crippen LogP contribution in [0.15, 0.2) is 0 Å². The van der Waals surface area contributed by atoms with Gasteiger partial charge in [-0.2, -0.15) is 0 Å². The van der Waals surface area contributed by atoms with Crippen LogP contribution in [-0.4, -0.2) is 20.9 Å². The molecule has 2 heteroatoms. The summed E-state index contributed by atoms with van der Waals surface area (Å²) in [4.78, 5) is 0. The van der Waals surface area contributed by atoms with Crippen LogP contribution in [0.4, 0.5) is 0 Å². The zero-order valence-corrected chi connectivity index (χ0v) is 6.06. The number of hydrogen-bond donors (Lipinski definition) is 1. The zero-order chi connectivity index (χ0) is 6.69. The van der Waals surface area contributed by atoms with E-state index < -0.39 is 0 Å². The van der Waals surface area contributed by atoms with Crippen molar-refractivity contribution in [1.82, 2.24) is 5.32 Å². The molecule has 0 bridgehead atoms. The second-order valence-electron chi connectivity index (χ2n) is 2.91. The van der Waals surface area contributed by atoms with E-state index in [0.717, 1.165) is 6.42 Å². The molecule has 0 aromatic carbocycles. The highest BCUT2D eigenvalue weighted by Crippen LogP contribution is 2.25. The van der Waals surface area contributed by atoms with Crippen LogP contribution in [0.5, 0.6) is 0 Å². The molecular formula is C7H14BN. The fraction of sp³-hybridized carbons (Fsp3) is 1.00. The van der Waals surface area contributed by atoms with Gasteiger partial charge in [0.05, 0.1) is 7.85 Å². The molecule has 1 aliphatic carbocycles. The first-order valence-electron chi connectivity index (χ1n) is 3.76. The lowest BCUT2D eigenvalue weighted by atomic mass is 9.74. The van der Waals surface area contributed by atoms with Crippen molar-refractivity contribution in [3.63, 3.8) is 0 Å². The molecular weight excluding hydrogens is 109 g/mol. The average Bonchev–Trinajstić information content (AvgIpc) is 1.88. The van der Waals surface area contributed by atoms with Gasteiger partial charge < -0.3 is 5.32 Å². The van der Waals surface area contributed by atoms with Crippen LogP contribution in [0.3, 0.4) is 0 Å². The van der Waals surface area contributed by atoms with Crippen LogP contribution in [-0.2, 0) is 0 Å². The lowest BCUT2D eigenvalue weighted by Crippen LogP contribution is -2.29. The van der Waals surface area contributed by atoms with Gasteiger partial charge in [-0.25, -0.2) is 0 Å². The van der Waals surface area contributed by atoms with Crippen molar-refractivity contribution in [3.05, 3.63) is 0 Å². The molecule has 1 rings (SSSR count). The summed E-state index contributed by atoms with van der Waals surface area (Å²) in [6.45, 7) is 0. The van der Waals surface area contributed by atoms with Gasteiger partial charge in [-0.1, -0.05) is 18.7 Å². The molecule has 9 heavy (non-hydrogen) atoms. The predicted molar refractivity (Wildman–Crippen MR) is 40.8 cm³/mol. The van der Waals surface area contributed by atoms with Crippen LogP contribution in [0.1, 0.15) is 25.7 Å². The van der Waals surface area contributed by atoms with Crippen molar-refractivity contribution in [3.8, 4) is 0 Å². The van der Waals surface area contributed by atoms with Gasteiger partial charge in [-0.15, -0.1) is 0 Å². The van der Waals surface area contributed by atoms with Gasteiger partial charge in [0.15, 0.2) is 0 Å². The molecule has 0 amide bonds. The maximum Gasteiger partial charge on any atom is 0.0700 e. The van der Waals surface area contributed by atoms with E-state index in [9.17, 15) is 0 Å². The normalized spacial score (nSPS) is 36.6. The molecule has 0 spiro atoms. The topological polar surface area (TPSA) is 12.0 Å². The van der Waals surface area contributed by atoms with Gasteiger partial charge in [0.1, 0.15) is 0 Å².